The van der Waals surface area contributed by atoms with Crippen molar-refractivity contribution in [1.82, 2.24) is 9.03 Å². The summed E-state index contributed by atoms with van der Waals surface area (Å²) in [5, 5.41) is 9.14. The van der Waals surface area contributed by atoms with Gasteiger partial charge in [0.2, 0.25) is 0 Å². The second-order valence-corrected chi connectivity index (χ2v) is 8.11. The molecule has 2 unspecified atom stereocenters. The molecule has 21 heavy (non-hydrogen) atoms. The topological polar surface area (TPSA) is 86.7 Å². The van der Waals surface area contributed by atoms with Gasteiger partial charge >= 0.3 is 5.97 Å². The van der Waals surface area contributed by atoms with Gasteiger partial charge in [0.1, 0.15) is 0 Å². The van der Waals surface area contributed by atoms with E-state index in [9.17, 15) is 13.2 Å². The van der Waals surface area contributed by atoms with Gasteiger partial charge in [-0.15, -0.1) is 0 Å². The van der Waals surface area contributed by atoms with Crippen LogP contribution in [0.2, 0.25) is 0 Å². The largest absolute Gasteiger partial charge is 0.481 e. The first kappa shape index (κ1) is 16.7. The summed E-state index contributed by atoms with van der Waals surface area (Å²) in [7, 11) is -1.88. The molecule has 122 valence electrons. The van der Waals surface area contributed by atoms with Gasteiger partial charge in [0.05, 0.1) is 5.92 Å². The second-order valence-electron chi connectivity index (χ2n) is 6.30. The molecule has 2 aliphatic rings. The van der Waals surface area contributed by atoms with Crippen molar-refractivity contribution in [3.8, 4) is 0 Å². The first-order valence-corrected chi connectivity index (χ1v) is 9.31. The lowest BCUT2D eigenvalue weighted by Crippen LogP contribution is -2.46. The van der Waals surface area contributed by atoms with E-state index in [0.717, 1.165) is 38.5 Å². The summed E-state index contributed by atoms with van der Waals surface area (Å²) in [5.41, 5.74) is 0. The van der Waals surface area contributed by atoms with E-state index in [0.29, 0.717) is 6.42 Å². The van der Waals surface area contributed by atoms with Crippen LogP contribution < -0.4 is 4.72 Å². The molecular weight excluding hydrogens is 292 g/mol. The number of carboxylic acid groups (broad SMARTS) is 1. The van der Waals surface area contributed by atoms with Crippen LogP contribution >= 0.6 is 0 Å². The van der Waals surface area contributed by atoms with Gasteiger partial charge in [-0.25, -0.2) is 4.72 Å². The molecule has 0 spiro atoms. The van der Waals surface area contributed by atoms with Crippen LogP contribution in [-0.2, 0) is 15.0 Å². The highest BCUT2D eigenvalue weighted by molar-refractivity contribution is 7.87. The molecule has 0 aromatic carbocycles. The normalized spacial score (nSPS) is 28.1. The Morgan fingerprint density at radius 2 is 1.81 bits per heavy atom. The molecule has 2 fully saturated rings. The Morgan fingerprint density at radius 3 is 2.43 bits per heavy atom. The molecule has 0 heterocycles. The predicted octanol–water partition coefficient (Wildman–Crippen LogP) is 1.59. The number of hydrogen-bond donors (Lipinski definition) is 2. The van der Waals surface area contributed by atoms with E-state index in [1.807, 2.05) is 0 Å². The minimum absolute atomic E-state index is 0.0788. The first-order valence-electron chi connectivity index (χ1n) is 7.87. The molecule has 2 aliphatic carbocycles. The first-order chi connectivity index (χ1) is 9.92. The van der Waals surface area contributed by atoms with Crippen molar-refractivity contribution in [2.75, 3.05) is 13.6 Å². The summed E-state index contributed by atoms with van der Waals surface area (Å²) in [6, 6.07) is 0.0788. The summed E-state index contributed by atoms with van der Waals surface area (Å²) in [6.45, 7) is 0.233. The van der Waals surface area contributed by atoms with Gasteiger partial charge in [-0.1, -0.05) is 25.7 Å². The summed E-state index contributed by atoms with van der Waals surface area (Å²) < 4.78 is 28.7. The molecule has 2 atom stereocenters. The van der Waals surface area contributed by atoms with Gasteiger partial charge in [0.15, 0.2) is 0 Å². The van der Waals surface area contributed by atoms with Crippen LogP contribution in [0.1, 0.15) is 51.4 Å². The van der Waals surface area contributed by atoms with Gasteiger partial charge in [-0.3, -0.25) is 4.79 Å². The Balaban J connectivity index is 1.89. The Morgan fingerprint density at radius 1 is 1.14 bits per heavy atom. The van der Waals surface area contributed by atoms with Gasteiger partial charge in [-0.05, 0) is 31.6 Å². The molecule has 2 rings (SSSR count). The zero-order valence-corrected chi connectivity index (χ0v) is 13.4. The monoisotopic (exact) mass is 318 g/mol. The van der Waals surface area contributed by atoms with Crippen molar-refractivity contribution < 1.29 is 18.3 Å². The van der Waals surface area contributed by atoms with Crippen molar-refractivity contribution in [2.24, 2.45) is 11.8 Å². The van der Waals surface area contributed by atoms with Gasteiger partial charge < -0.3 is 5.11 Å². The molecule has 2 saturated carbocycles. The number of hydrogen-bond acceptors (Lipinski definition) is 3. The quantitative estimate of drug-likeness (QED) is 0.778. The Bertz CT molecular complexity index is 460. The third-order valence-electron chi connectivity index (χ3n) is 4.97. The summed E-state index contributed by atoms with van der Waals surface area (Å²) >= 11 is 0. The van der Waals surface area contributed by atoms with Crippen LogP contribution in [0.25, 0.3) is 0 Å². The lowest BCUT2D eigenvalue weighted by atomic mass is 9.96. The van der Waals surface area contributed by atoms with E-state index < -0.39 is 22.1 Å². The fraction of sp³-hybridized carbons (Fsp3) is 0.929. The van der Waals surface area contributed by atoms with Crippen molar-refractivity contribution >= 4 is 16.2 Å². The smallest absolute Gasteiger partial charge is 0.306 e. The minimum atomic E-state index is -3.51. The lowest BCUT2D eigenvalue weighted by Gasteiger charge is -2.31. The van der Waals surface area contributed by atoms with Crippen molar-refractivity contribution in [3.05, 3.63) is 0 Å². The van der Waals surface area contributed by atoms with Crippen LogP contribution in [0.15, 0.2) is 0 Å². The van der Waals surface area contributed by atoms with Crippen LogP contribution in [0, 0.1) is 11.8 Å². The van der Waals surface area contributed by atoms with Crippen molar-refractivity contribution in [1.29, 1.82) is 0 Å². The van der Waals surface area contributed by atoms with Gasteiger partial charge in [-0.2, -0.15) is 12.7 Å². The van der Waals surface area contributed by atoms with E-state index in [1.165, 1.54) is 10.7 Å². The molecule has 0 saturated heterocycles. The number of rotatable bonds is 6. The highest BCUT2D eigenvalue weighted by atomic mass is 32.2. The third kappa shape index (κ3) is 4.17. The molecule has 2 N–H and O–H groups in total. The Kier molecular flexibility index (Phi) is 5.62. The molecule has 0 aromatic rings. The molecule has 0 aliphatic heterocycles. The number of nitrogens with one attached hydrogen (secondary N) is 1. The number of carbonyl (C=O) groups is 1. The van der Waals surface area contributed by atoms with E-state index in [4.69, 9.17) is 5.11 Å². The lowest BCUT2D eigenvalue weighted by molar-refractivity contribution is -0.142. The van der Waals surface area contributed by atoms with Crippen LogP contribution in [0.5, 0.6) is 0 Å². The molecule has 0 amide bonds. The molecule has 0 radical (unpaired) electrons. The Labute approximate surface area is 127 Å². The average Bonchev–Trinajstić information content (AvgIpc) is 2.94. The van der Waals surface area contributed by atoms with Crippen LogP contribution in [0.3, 0.4) is 0 Å². The zero-order chi connectivity index (χ0) is 15.5. The van der Waals surface area contributed by atoms with Crippen molar-refractivity contribution in [2.45, 2.75) is 57.4 Å². The maximum absolute atomic E-state index is 12.3. The second kappa shape index (κ2) is 7.07. The standard InChI is InChI=1S/C14H26N2O4S/c1-16(12-7-3-2-4-8-12)21(19,20)15-10-11-6-5-9-13(11)14(17)18/h11-13,15H,2-10H2,1H3,(H,17,18). The summed E-state index contributed by atoms with van der Waals surface area (Å²) in [4.78, 5) is 11.1. The van der Waals surface area contributed by atoms with E-state index in [2.05, 4.69) is 4.72 Å². The minimum Gasteiger partial charge on any atom is -0.481 e. The molecule has 0 bridgehead atoms. The highest BCUT2D eigenvalue weighted by Crippen LogP contribution is 2.31. The van der Waals surface area contributed by atoms with E-state index >= 15 is 0 Å². The Hall–Kier alpha value is -0.660. The van der Waals surface area contributed by atoms with E-state index in [-0.39, 0.29) is 18.5 Å². The van der Waals surface area contributed by atoms with E-state index in [1.54, 1.807) is 7.05 Å². The van der Waals surface area contributed by atoms with Gasteiger partial charge in [0, 0.05) is 19.6 Å². The fourth-order valence-electron chi connectivity index (χ4n) is 3.56. The fourth-order valence-corrected chi connectivity index (χ4v) is 4.79. The zero-order valence-electron chi connectivity index (χ0n) is 12.6. The third-order valence-corrected chi connectivity index (χ3v) is 6.56. The number of aliphatic carboxylic acids is 1. The van der Waals surface area contributed by atoms with Gasteiger partial charge in [0.25, 0.3) is 10.2 Å². The molecule has 7 heteroatoms. The van der Waals surface area contributed by atoms with Crippen molar-refractivity contribution in [3.63, 3.8) is 0 Å². The summed E-state index contributed by atoms with van der Waals surface area (Å²) in [6.07, 6.45) is 7.47. The molecule has 0 aromatic heterocycles. The van der Waals surface area contributed by atoms with Crippen LogP contribution in [0.4, 0.5) is 0 Å². The number of carboxylic acids is 1. The van der Waals surface area contributed by atoms with Crippen LogP contribution in [-0.4, -0.2) is 43.4 Å². The average molecular weight is 318 g/mol. The number of nitrogens with zero attached hydrogens (tertiary/aromatic N) is 1. The maximum atomic E-state index is 12.3. The highest BCUT2D eigenvalue weighted by Gasteiger charge is 2.34. The SMILES string of the molecule is CN(C1CCCCC1)S(=O)(=O)NCC1CCCC1C(=O)O. The molecule has 6 nitrogen and oxygen atoms in total. The molecular formula is C14H26N2O4S. The predicted molar refractivity (Wildman–Crippen MR) is 80.0 cm³/mol. The maximum Gasteiger partial charge on any atom is 0.306 e. The summed E-state index contributed by atoms with van der Waals surface area (Å²) in [5.74, 6) is -1.30.